The molecule has 0 saturated heterocycles. The minimum Gasteiger partial charge on any atom is -0.0620 e. The molecule has 3 rings (SSSR count). The Balaban J connectivity index is 2.10. The van der Waals surface area contributed by atoms with Crippen molar-refractivity contribution in [2.24, 2.45) is 0 Å². The highest BCUT2D eigenvalue weighted by Gasteiger charge is 2.22. The summed E-state index contributed by atoms with van der Waals surface area (Å²) in [6, 6.07) is 17.9. The number of rotatable bonds is 0. The first-order valence-electron chi connectivity index (χ1n) is 6.93. The van der Waals surface area contributed by atoms with Crippen LogP contribution in [0.5, 0.6) is 0 Å². The van der Waals surface area contributed by atoms with Gasteiger partial charge in [0.1, 0.15) is 0 Å². The second-order valence-electron chi connectivity index (χ2n) is 5.47. The fourth-order valence-corrected chi connectivity index (χ4v) is 3.22. The first-order chi connectivity index (χ1) is 8.77. The summed E-state index contributed by atoms with van der Waals surface area (Å²) in [6.07, 6.45) is 2.34. The van der Waals surface area contributed by atoms with Crippen molar-refractivity contribution < 1.29 is 0 Å². The second-order valence-corrected chi connectivity index (χ2v) is 5.47. The Morgan fingerprint density at radius 2 is 1.06 bits per heavy atom. The van der Waals surface area contributed by atoms with Crippen LogP contribution in [-0.4, -0.2) is 0 Å². The van der Waals surface area contributed by atoms with Gasteiger partial charge < -0.3 is 0 Å². The highest BCUT2D eigenvalue weighted by atomic mass is 14.3. The molecule has 0 amide bonds. The van der Waals surface area contributed by atoms with Crippen LogP contribution in [0, 0.1) is 0 Å². The van der Waals surface area contributed by atoms with Crippen molar-refractivity contribution in [3.05, 3.63) is 70.8 Å². The number of hydrogen-bond acceptors (Lipinski definition) is 0. The third kappa shape index (κ3) is 1.86. The third-order valence-corrected chi connectivity index (χ3v) is 4.50. The number of hydrogen-bond donors (Lipinski definition) is 0. The summed E-state index contributed by atoms with van der Waals surface area (Å²) >= 11 is 0. The fraction of sp³-hybridized carbons (Fsp3) is 0.333. The molecule has 0 fully saturated rings. The molecule has 1 aliphatic carbocycles. The number of benzene rings is 2. The van der Waals surface area contributed by atoms with Crippen LogP contribution in [0.1, 0.15) is 47.9 Å². The van der Waals surface area contributed by atoms with Crippen molar-refractivity contribution in [2.45, 2.75) is 38.5 Å². The average Bonchev–Trinajstić information content (AvgIpc) is 2.43. The summed E-state index contributed by atoms with van der Waals surface area (Å²) in [5.41, 5.74) is 6.15. The molecule has 92 valence electrons. The number of aryl methyl sites for hydroxylation is 2. The lowest BCUT2D eigenvalue weighted by molar-refractivity contribution is 0.601. The monoisotopic (exact) mass is 236 g/mol. The van der Waals surface area contributed by atoms with Gasteiger partial charge in [0.2, 0.25) is 0 Å². The van der Waals surface area contributed by atoms with Crippen molar-refractivity contribution in [2.75, 3.05) is 0 Å². The largest absolute Gasteiger partial charge is 0.0620 e. The summed E-state index contributed by atoms with van der Waals surface area (Å²) in [5.74, 6) is 1.20. The van der Waals surface area contributed by atoms with Gasteiger partial charge in [-0.05, 0) is 46.9 Å². The Bertz CT molecular complexity index is 502. The van der Waals surface area contributed by atoms with Crippen LogP contribution in [0.25, 0.3) is 0 Å². The van der Waals surface area contributed by atoms with Crippen LogP contribution < -0.4 is 0 Å². The molecule has 0 heterocycles. The van der Waals surface area contributed by atoms with E-state index in [0.29, 0.717) is 11.8 Å². The molecule has 2 unspecified atom stereocenters. The Labute approximate surface area is 110 Å². The Hall–Kier alpha value is -1.56. The minimum absolute atomic E-state index is 0.600. The normalized spacial score (nSPS) is 22.6. The van der Waals surface area contributed by atoms with Crippen LogP contribution in [-0.2, 0) is 12.8 Å². The van der Waals surface area contributed by atoms with Gasteiger partial charge in [0.05, 0.1) is 0 Å². The predicted molar refractivity (Wildman–Crippen MR) is 77.1 cm³/mol. The average molecular weight is 236 g/mol. The molecular formula is C18H20. The van der Waals surface area contributed by atoms with Crippen LogP contribution in [0.3, 0.4) is 0 Å². The van der Waals surface area contributed by atoms with E-state index in [-0.39, 0.29) is 0 Å². The minimum atomic E-state index is 0.600. The molecule has 2 aromatic rings. The summed E-state index contributed by atoms with van der Waals surface area (Å²) in [5, 5.41) is 0. The SMILES string of the molecule is CC1c2ccccc2CCc2ccccc2C1C. The topological polar surface area (TPSA) is 0 Å². The molecular weight excluding hydrogens is 216 g/mol. The maximum absolute atomic E-state index is 2.37. The maximum Gasteiger partial charge on any atom is -0.0121 e. The van der Waals surface area contributed by atoms with Gasteiger partial charge in [-0.1, -0.05) is 62.4 Å². The van der Waals surface area contributed by atoms with Gasteiger partial charge in [0.15, 0.2) is 0 Å². The molecule has 0 spiro atoms. The predicted octanol–water partition coefficient (Wildman–Crippen LogP) is 4.69. The van der Waals surface area contributed by atoms with Crippen molar-refractivity contribution in [3.63, 3.8) is 0 Å². The molecule has 0 radical (unpaired) electrons. The molecule has 0 heteroatoms. The lowest BCUT2D eigenvalue weighted by Gasteiger charge is -2.28. The van der Waals surface area contributed by atoms with E-state index in [2.05, 4.69) is 62.4 Å². The Morgan fingerprint density at radius 3 is 1.50 bits per heavy atom. The van der Waals surface area contributed by atoms with Crippen LogP contribution >= 0.6 is 0 Å². The maximum atomic E-state index is 2.37. The molecule has 0 bridgehead atoms. The van der Waals surface area contributed by atoms with Gasteiger partial charge >= 0.3 is 0 Å². The Kier molecular flexibility index (Phi) is 2.95. The number of fused-ring (bicyclic) bond motifs is 2. The van der Waals surface area contributed by atoms with E-state index in [9.17, 15) is 0 Å². The second kappa shape index (κ2) is 4.61. The zero-order valence-electron chi connectivity index (χ0n) is 11.2. The van der Waals surface area contributed by atoms with Crippen molar-refractivity contribution in [1.29, 1.82) is 0 Å². The van der Waals surface area contributed by atoms with E-state index >= 15 is 0 Å². The van der Waals surface area contributed by atoms with E-state index in [4.69, 9.17) is 0 Å². The van der Waals surface area contributed by atoms with Crippen molar-refractivity contribution >= 4 is 0 Å². The van der Waals surface area contributed by atoms with Gasteiger partial charge in [0.25, 0.3) is 0 Å². The van der Waals surface area contributed by atoms with Crippen LogP contribution in [0.15, 0.2) is 48.5 Å². The van der Waals surface area contributed by atoms with Crippen molar-refractivity contribution in [1.82, 2.24) is 0 Å². The molecule has 0 N–H and O–H groups in total. The first kappa shape index (κ1) is 11.5. The first-order valence-corrected chi connectivity index (χ1v) is 6.93. The highest BCUT2D eigenvalue weighted by Crippen LogP contribution is 2.38. The molecule has 1 aliphatic rings. The molecule has 0 aromatic heterocycles. The fourth-order valence-electron chi connectivity index (χ4n) is 3.22. The molecule has 0 aliphatic heterocycles. The van der Waals surface area contributed by atoms with E-state index in [1.807, 2.05) is 0 Å². The lowest BCUT2D eigenvalue weighted by Crippen LogP contribution is -2.13. The third-order valence-electron chi connectivity index (χ3n) is 4.50. The van der Waals surface area contributed by atoms with Gasteiger partial charge in [0, 0.05) is 0 Å². The summed E-state index contributed by atoms with van der Waals surface area (Å²) in [4.78, 5) is 0. The summed E-state index contributed by atoms with van der Waals surface area (Å²) in [6.45, 7) is 4.73. The van der Waals surface area contributed by atoms with Gasteiger partial charge in [-0.25, -0.2) is 0 Å². The summed E-state index contributed by atoms with van der Waals surface area (Å²) < 4.78 is 0. The smallest absolute Gasteiger partial charge is 0.0121 e. The van der Waals surface area contributed by atoms with Crippen LogP contribution in [0.4, 0.5) is 0 Å². The standard InChI is InChI=1S/C18H20/c1-13-14(2)18-10-6-4-8-16(18)12-11-15-7-3-5-9-17(13)15/h3-10,13-14H,11-12H2,1-2H3. The van der Waals surface area contributed by atoms with E-state index in [0.717, 1.165) is 0 Å². The molecule has 2 aromatic carbocycles. The van der Waals surface area contributed by atoms with Gasteiger partial charge in [-0.15, -0.1) is 0 Å². The molecule has 2 atom stereocenters. The van der Waals surface area contributed by atoms with Crippen LogP contribution in [0.2, 0.25) is 0 Å². The molecule has 0 saturated carbocycles. The quantitative estimate of drug-likeness (QED) is 0.622. The zero-order chi connectivity index (χ0) is 12.5. The van der Waals surface area contributed by atoms with Gasteiger partial charge in [-0.3, -0.25) is 0 Å². The van der Waals surface area contributed by atoms with E-state index in [1.165, 1.54) is 24.0 Å². The zero-order valence-corrected chi connectivity index (χ0v) is 11.2. The van der Waals surface area contributed by atoms with E-state index in [1.54, 1.807) is 11.1 Å². The van der Waals surface area contributed by atoms with Crippen molar-refractivity contribution in [3.8, 4) is 0 Å². The highest BCUT2D eigenvalue weighted by molar-refractivity contribution is 5.40. The van der Waals surface area contributed by atoms with Gasteiger partial charge in [-0.2, -0.15) is 0 Å². The van der Waals surface area contributed by atoms with E-state index < -0.39 is 0 Å². The summed E-state index contributed by atoms with van der Waals surface area (Å²) in [7, 11) is 0. The molecule has 0 nitrogen and oxygen atoms in total. The Morgan fingerprint density at radius 1 is 0.667 bits per heavy atom. The molecule has 18 heavy (non-hydrogen) atoms. The lowest BCUT2D eigenvalue weighted by atomic mass is 9.77.